The molecule has 23 heavy (non-hydrogen) atoms. The molecule has 0 spiro atoms. The third-order valence-electron chi connectivity index (χ3n) is 5.52. The normalized spacial score (nSPS) is 12.7. The van der Waals surface area contributed by atoms with Crippen LogP contribution in [0.25, 0.3) is 0 Å². The first kappa shape index (κ1) is 23.4. The summed E-state index contributed by atoms with van der Waals surface area (Å²) >= 11 is 0. The van der Waals surface area contributed by atoms with Crippen molar-refractivity contribution in [1.82, 2.24) is 0 Å². The average molecular weight is 347 g/mol. The Hall–Kier alpha value is 0.390. The molecular weight excluding hydrogens is 299 g/mol. The monoisotopic (exact) mass is 346 g/mol. The molecule has 0 aliphatic heterocycles. The Bertz CT molecular complexity index is 199. The van der Waals surface area contributed by atoms with Gasteiger partial charge in [0.1, 0.15) is 0 Å². The molecule has 0 rings (SSSR count). The number of methoxy groups -OCH3 is 1. The van der Waals surface area contributed by atoms with Crippen LogP contribution >= 0.6 is 7.26 Å². The Morgan fingerprint density at radius 1 is 0.522 bits per heavy atom. The summed E-state index contributed by atoms with van der Waals surface area (Å²) in [6.07, 6.45) is 23.4. The molecule has 0 unspecified atom stereocenters. The standard InChI is InChI=1S/C21H47OP/c1-5-8-11-14-18-23(21-17-22-4,19-15-12-9-6-2)20-16-13-10-7-3/h23H,5-21H2,1-4H3. The Kier molecular flexibility index (Phi) is 17.5. The van der Waals surface area contributed by atoms with Gasteiger partial charge in [0.25, 0.3) is 0 Å². The van der Waals surface area contributed by atoms with Gasteiger partial charge in [0, 0.05) is 0 Å². The molecule has 0 fully saturated rings. The molecule has 0 N–H and O–H groups in total. The van der Waals surface area contributed by atoms with Crippen LogP contribution in [0.3, 0.4) is 0 Å². The third kappa shape index (κ3) is 13.4. The van der Waals surface area contributed by atoms with E-state index in [-0.39, 0.29) is 0 Å². The molecule has 2 heteroatoms. The maximum atomic E-state index is 5.51. The van der Waals surface area contributed by atoms with E-state index in [9.17, 15) is 0 Å². The van der Waals surface area contributed by atoms with Gasteiger partial charge in [0.2, 0.25) is 0 Å². The van der Waals surface area contributed by atoms with Crippen LogP contribution in [-0.2, 0) is 4.74 Å². The van der Waals surface area contributed by atoms with Crippen molar-refractivity contribution in [1.29, 1.82) is 0 Å². The molecule has 0 aromatic carbocycles. The predicted molar refractivity (Wildman–Crippen MR) is 112 cm³/mol. The van der Waals surface area contributed by atoms with E-state index in [1.807, 2.05) is 7.11 Å². The second kappa shape index (κ2) is 17.2. The zero-order chi connectivity index (χ0) is 17.2. The Labute approximate surface area is 148 Å². The van der Waals surface area contributed by atoms with Gasteiger partial charge in [-0.2, -0.15) is 0 Å². The minimum absolute atomic E-state index is 1.02. The predicted octanol–water partition coefficient (Wildman–Crippen LogP) is 7.12. The van der Waals surface area contributed by atoms with Crippen molar-refractivity contribution in [2.75, 3.05) is 38.4 Å². The fourth-order valence-electron chi connectivity index (χ4n) is 3.85. The van der Waals surface area contributed by atoms with Crippen LogP contribution in [0.5, 0.6) is 0 Å². The van der Waals surface area contributed by atoms with Crippen LogP contribution in [0.2, 0.25) is 0 Å². The molecule has 0 saturated carbocycles. The Morgan fingerprint density at radius 3 is 1.22 bits per heavy atom. The molecular formula is C21H47OP. The molecule has 0 saturated heterocycles. The van der Waals surface area contributed by atoms with Crippen molar-refractivity contribution < 1.29 is 4.74 Å². The van der Waals surface area contributed by atoms with E-state index < -0.39 is 7.26 Å². The number of hydrogen-bond acceptors (Lipinski definition) is 1. The van der Waals surface area contributed by atoms with Crippen molar-refractivity contribution in [3.8, 4) is 0 Å². The van der Waals surface area contributed by atoms with Gasteiger partial charge in [-0.05, 0) is 0 Å². The molecule has 0 heterocycles. The van der Waals surface area contributed by atoms with Gasteiger partial charge >= 0.3 is 148 Å². The average Bonchev–Trinajstić information content (AvgIpc) is 2.57. The quantitative estimate of drug-likeness (QED) is 0.189. The number of ether oxygens (including phenoxy) is 1. The van der Waals surface area contributed by atoms with Crippen molar-refractivity contribution in [3.63, 3.8) is 0 Å². The first-order chi connectivity index (χ1) is 11.2. The van der Waals surface area contributed by atoms with Crippen LogP contribution in [0.15, 0.2) is 0 Å². The van der Waals surface area contributed by atoms with Gasteiger partial charge in [-0.25, -0.2) is 0 Å². The van der Waals surface area contributed by atoms with Crippen molar-refractivity contribution in [3.05, 3.63) is 0 Å². The summed E-state index contributed by atoms with van der Waals surface area (Å²) < 4.78 is 5.51. The fourth-order valence-corrected chi connectivity index (χ4v) is 8.99. The summed E-state index contributed by atoms with van der Waals surface area (Å²) in [5.41, 5.74) is 0. The summed E-state index contributed by atoms with van der Waals surface area (Å²) in [4.78, 5) is 0. The number of unbranched alkanes of at least 4 members (excludes halogenated alkanes) is 9. The van der Waals surface area contributed by atoms with Gasteiger partial charge in [0.15, 0.2) is 0 Å². The van der Waals surface area contributed by atoms with Crippen LogP contribution in [0.1, 0.15) is 97.8 Å². The van der Waals surface area contributed by atoms with E-state index in [0.717, 1.165) is 6.61 Å². The summed E-state index contributed by atoms with van der Waals surface area (Å²) in [6, 6.07) is 0. The first-order valence-electron chi connectivity index (χ1n) is 10.7. The zero-order valence-electron chi connectivity index (χ0n) is 16.9. The molecule has 0 bridgehead atoms. The maximum absolute atomic E-state index is 5.51. The second-order valence-electron chi connectivity index (χ2n) is 7.67. The van der Waals surface area contributed by atoms with Gasteiger partial charge in [0.05, 0.1) is 0 Å². The molecule has 0 aliphatic rings. The Morgan fingerprint density at radius 2 is 0.913 bits per heavy atom. The van der Waals surface area contributed by atoms with Crippen LogP contribution < -0.4 is 0 Å². The summed E-state index contributed by atoms with van der Waals surface area (Å²) in [6.45, 7) is 7.99. The van der Waals surface area contributed by atoms with E-state index in [0.29, 0.717) is 0 Å². The van der Waals surface area contributed by atoms with Crippen molar-refractivity contribution in [2.24, 2.45) is 0 Å². The van der Waals surface area contributed by atoms with Crippen molar-refractivity contribution >= 4 is 7.26 Å². The molecule has 0 atom stereocenters. The van der Waals surface area contributed by atoms with E-state index >= 15 is 0 Å². The van der Waals surface area contributed by atoms with Crippen LogP contribution in [0, 0.1) is 0 Å². The van der Waals surface area contributed by atoms with Crippen LogP contribution in [0.4, 0.5) is 0 Å². The van der Waals surface area contributed by atoms with E-state index in [2.05, 4.69) is 20.8 Å². The number of rotatable bonds is 18. The molecule has 142 valence electrons. The topological polar surface area (TPSA) is 9.23 Å². The van der Waals surface area contributed by atoms with Gasteiger partial charge in [-0.15, -0.1) is 0 Å². The van der Waals surface area contributed by atoms with Crippen molar-refractivity contribution in [2.45, 2.75) is 97.8 Å². The number of hydrogen-bond donors (Lipinski definition) is 0. The summed E-state index contributed by atoms with van der Waals surface area (Å²) in [5, 5.41) is 0. The minimum atomic E-state index is -1.09. The van der Waals surface area contributed by atoms with E-state index in [1.54, 1.807) is 18.5 Å². The molecule has 0 aromatic heterocycles. The van der Waals surface area contributed by atoms with E-state index in [4.69, 9.17) is 4.74 Å². The molecule has 0 radical (unpaired) electrons. The van der Waals surface area contributed by atoms with Gasteiger partial charge < -0.3 is 0 Å². The van der Waals surface area contributed by atoms with E-state index in [1.165, 1.54) is 83.2 Å². The first-order valence-corrected chi connectivity index (χ1v) is 13.6. The molecule has 0 aliphatic carbocycles. The van der Waals surface area contributed by atoms with Gasteiger partial charge in [-0.1, -0.05) is 0 Å². The fraction of sp³-hybridized carbons (Fsp3) is 1.00. The molecule has 1 nitrogen and oxygen atoms in total. The molecule has 0 aromatic rings. The van der Waals surface area contributed by atoms with Gasteiger partial charge in [-0.3, -0.25) is 0 Å². The molecule has 0 amide bonds. The van der Waals surface area contributed by atoms with Crippen LogP contribution in [-0.4, -0.2) is 38.4 Å². The second-order valence-corrected chi connectivity index (χ2v) is 12.7. The third-order valence-corrected chi connectivity index (χ3v) is 11.0. The summed E-state index contributed by atoms with van der Waals surface area (Å²) in [7, 11) is 0.802. The Balaban J connectivity index is 4.51. The summed E-state index contributed by atoms with van der Waals surface area (Å²) in [5.74, 6) is 0. The zero-order valence-corrected chi connectivity index (χ0v) is 17.9. The SMILES string of the molecule is CCCCCC[PH](CCCCCC)(CCCCCC)CCOC.